The fourth-order valence-electron chi connectivity index (χ4n) is 3.64. The van der Waals surface area contributed by atoms with E-state index in [1.807, 2.05) is 68.4 Å². The van der Waals surface area contributed by atoms with Gasteiger partial charge in [0.2, 0.25) is 0 Å². The van der Waals surface area contributed by atoms with E-state index in [1.165, 1.54) is 16.7 Å². The number of rotatable bonds is 3. The number of halogens is 1. The molecule has 2 aromatic carbocycles. The smallest absolute Gasteiger partial charge is 0.113 e. The van der Waals surface area contributed by atoms with Crippen molar-refractivity contribution in [2.24, 2.45) is 0 Å². The molecule has 1 N–H and O–H groups in total. The standard InChI is InChI=1S/C23H26N2O.C7H7Cl/c1-19(18-25-15-12-23(2,26)13-16-25)17-21-8-6-20(7-9-21)10-11-22-5-3-4-14-24-22;1-6-2-4-7(8)5-3-6/h3-9,14,17,26H,12-13,15-16,18H2,1-2H3;2-5H,1H3/b19-17+;. The molecular formula is C30H33ClN2O. The molecule has 0 atom stereocenters. The van der Waals surface area contributed by atoms with E-state index in [1.54, 1.807) is 6.20 Å². The summed E-state index contributed by atoms with van der Waals surface area (Å²) in [7, 11) is 0. The monoisotopic (exact) mass is 472 g/mol. The Morgan fingerprint density at radius 3 is 2.29 bits per heavy atom. The Bertz CT molecular complexity index is 1090. The highest BCUT2D eigenvalue weighted by Crippen LogP contribution is 2.22. The lowest BCUT2D eigenvalue weighted by Crippen LogP contribution is -2.42. The maximum atomic E-state index is 10.0. The fraction of sp³-hybridized carbons (Fsp3) is 0.300. The molecule has 3 aromatic rings. The van der Waals surface area contributed by atoms with E-state index in [0.717, 1.165) is 48.8 Å². The molecule has 0 radical (unpaired) electrons. The van der Waals surface area contributed by atoms with Gasteiger partial charge in [0.1, 0.15) is 5.69 Å². The first-order valence-electron chi connectivity index (χ1n) is 11.7. The maximum absolute atomic E-state index is 10.0. The second-order valence-electron chi connectivity index (χ2n) is 9.15. The molecule has 176 valence electrons. The van der Waals surface area contributed by atoms with Crippen LogP contribution in [0.15, 0.2) is 78.5 Å². The molecule has 0 saturated carbocycles. The highest BCUT2D eigenvalue weighted by molar-refractivity contribution is 6.30. The van der Waals surface area contributed by atoms with Crippen molar-refractivity contribution in [1.82, 2.24) is 9.88 Å². The van der Waals surface area contributed by atoms with Gasteiger partial charge in [-0.1, -0.05) is 65.1 Å². The van der Waals surface area contributed by atoms with Crippen LogP contribution in [0.3, 0.4) is 0 Å². The third-order valence-corrected chi connectivity index (χ3v) is 5.99. The first-order valence-corrected chi connectivity index (χ1v) is 12.0. The lowest BCUT2D eigenvalue weighted by atomic mass is 9.93. The first-order chi connectivity index (χ1) is 16.3. The summed E-state index contributed by atoms with van der Waals surface area (Å²) in [6.07, 6.45) is 5.68. The molecule has 34 heavy (non-hydrogen) atoms. The highest BCUT2D eigenvalue weighted by Gasteiger charge is 2.26. The van der Waals surface area contributed by atoms with E-state index in [9.17, 15) is 5.11 Å². The second-order valence-corrected chi connectivity index (χ2v) is 9.58. The van der Waals surface area contributed by atoms with Crippen LogP contribution >= 0.6 is 11.6 Å². The third kappa shape index (κ3) is 9.15. The van der Waals surface area contributed by atoms with Gasteiger partial charge in [-0.25, -0.2) is 4.98 Å². The zero-order valence-electron chi connectivity index (χ0n) is 20.3. The van der Waals surface area contributed by atoms with Crippen molar-refractivity contribution in [3.8, 4) is 11.8 Å². The number of pyridine rings is 1. The highest BCUT2D eigenvalue weighted by atomic mass is 35.5. The Balaban J connectivity index is 0.000000343. The van der Waals surface area contributed by atoms with Crippen LogP contribution in [0.25, 0.3) is 6.08 Å². The van der Waals surface area contributed by atoms with Gasteiger partial charge in [-0.15, -0.1) is 0 Å². The Morgan fingerprint density at radius 2 is 1.71 bits per heavy atom. The van der Waals surface area contributed by atoms with Crippen LogP contribution in [0.1, 0.15) is 49.1 Å². The van der Waals surface area contributed by atoms with Gasteiger partial charge < -0.3 is 5.11 Å². The van der Waals surface area contributed by atoms with E-state index in [0.29, 0.717) is 0 Å². The molecule has 0 spiro atoms. The molecule has 1 aromatic heterocycles. The third-order valence-electron chi connectivity index (χ3n) is 5.74. The number of hydrogen-bond acceptors (Lipinski definition) is 3. The first kappa shape index (κ1) is 25.7. The summed E-state index contributed by atoms with van der Waals surface area (Å²) in [4.78, 5) is 6.62. The number of aromatic nitrogens is 1. The Morgan fingerprint density at radius 1 is 1.03 bits per heavy atom. The summed E-state index contributed by atoms with van der Waals surface area (Å²) < 4.78 is 0. The zero-order valence-corrected chi connectivity index (χ0v) is 21.0. The van der Waals surface area contributed by atoms with Crippen molar-refractivity contribution < 1.29 is 5.11 Å². The van der Waals surface area contributed by atoms with Gasteiger partial charge in [0.15, 0.2) is 0 Å². The SMILES string of the molecule is C/C(=C\c1ccc(C#Cc2ccccn2)cc1)CN1CCC(C)(O)CC1.Cc1ccc(Cl)cc1. The molecule has 0 amide bonds. The summed E-state index contributed by atoms with van der Waals surface area (Å²) in [6, 6.07) is 21.8. The second kappa shape index (κ2) is 12.5. The molecule has 3 nitrogen and oxygen atoms in total. The zero-order chi connectivity index (χ0) is 24.4. The number of likely N-dealkylation sites (tertiary alicyclic amines) is 1. The van der Waals surface area contributed by atoms with Gasteiger partial charge in [0.05, 0.1) is 5.60 Å². The van der Waals surface area contributed by atoms with E-state index in [2.05, 4.69) is 46.9 Å². The summed E-state index contributed by atoms with van der Waals surface area (Å²) in [5.41, 5.74) is 5.06. The Kier molecular flexibility index (Phi) is 9.48. The molecule has 0 unspecified atom stereocenters. The van der Waals surface area contributed by atoms with Crippen molar-refractivity contribution in [2.75, 3.05) is 19.6 Å². The largest absolute Gasteiger partial charge is 0.390 e. The minimum atomic E-state index is -0.486. The Labute approximate surface area is 209 Å². The van der Waals surface area contributed by atoms with Crippen LogP contribution in [0.5, 0.6) is 0 Å². The molecule has 4 heteroatoms. The number of aliphatic hydroxyl groups is 1. The van der Waals surface area contributed by atoms with Crippen molar-refractivity contribution in [1.29, 1.82) is 0 Å². The molecule has 1 saturated heterocycles. The average molecular weight is 473 g/mol. The van der Waals surface area contributed by atoms with Crippen LogP contribution in [0.2, 0.25) is 5.02 Å². The predicted molar refractivity (Wildman–Crippen MR) is 143 cm³/mol. The number of benzene rings is 2. The van der Waals surface area contributed by atoms with Gasteiger partial charge in [-0.05, 0) is 81.5 Å². The molecule has 0 aliphatic carbocycles. The Hall–Kier alpha value is -2.90. The predicted octanol–water partition coefficient (Wildman–Crippen LogP) is 6.38. The minimum absolute atomic E-state index is 0.486. The molecule has 1 aliphatic rings. The molecule has 0 bridgehead atoms. The normalized spacial score (nSPS) is 15.5. The molecule has 4 rings (SSSR count). The average Bonchev–Trinajstić information content (AvgIpc) is 2.83. The lowest BCUT2D eigenvalue weighted by Gasteiger charge is -2.35. The minimum Gasteiger partial charge on any atom is -0.390 e. The van der Waals surface area contributed by atoms with E-state index >= 15 is 0 Å². The summed E-state index contributed by atoms with van der Waals surface area (Å²) in [5.74, 6) is 6.23. The van der Waals surface area contributed by atoms with Crippen molar-refractivity contribution in [3.05, 3.63) is 106 Å². The van der Waals surface area contributed by atoms with Crippen LogP contribution in [0.4, 0.5) is 0 Å². The molecule has 2 heterocycles. The number of aryl methyl sites for hydroxylation is 1. The van der Waals surface area contributed by atoms with Gasteiger partial charge >= 0.3 is 0 Å². The topological polar surface area (TPSA) is 36.4 Å². The van der Waals surface area contributed by atoms with Crippen LogP contribution in [-0.2, 0) is 0 Å². The van der Waals surface area contributed by atoms with Crippen LogP contribution < -0.4 is 0 Å². The van der Waals surface area contributed by atoms with Gasteiger partial charge in [-0.2, -0.15) is 0 Å². The number of nitrogens with zero attached hydrogens (tertiary/aromatic N) is 2. The summed E-state index contributed by atoms with van der Waals surface area (Å²) >= 11 is 5.61. The van der Waals surface area contributed by atoms with E-state index in [4.69, 9.17) is 11.6 Å². The maximum Gasteiger partial charge on any atom is 0.113 e. The number of piperidine rings is 1. The quantitative estimate of drug-likeness (QED) is 0.449. The van der Waals surface area contributed by atoms with Crippen molar-refractivity contribution >= 4 is 17.7 Å². The summed E-state index contributed by atoms with van der Waals surface area (Å²) in [5, 5.41) is 10.8. The van der Waals surface area contributed by atoms with Crippen molar-refractivity contribution in [3.63, 3.8) is 0 Å². The summed E-state index contributed by atoms with van der Waals surface area (Å²) in [6.45, 7) is 9.01. The van der Waals surface area contributed by atoms with Gasteiger partial charge in [0, 0.05) is 36.4 Å². The number of hydrogen-bond donors (Lipinski definition) is 1. The van der Waals surface area contributed by atoms with Crippen LogP contribution in [0, 0.1) is 18.8 Å². The molecular weight excluding hydrogens is 440 g/mol. The molecule has 1 aliphatic heterocycles. The van der Waals surface area contributed by atoms with E-state index < -0.39 is 5.60 Å². The van der Waals surface area contributed by atoms with Gasteiger partial charge in [-0.3, -0.25) is 4.90 Å². The van der Waals surface area contributed by atoms with Crippen molar-refractivity contribution in [2.45, 2.75) is 39.2 Å². The van der Waals surface area contributed by atoms with E-state index in [-0.39, 0.29) is 0 Å². The fourth-order valence-corrected chi connectivity index (χ4v) is 3.77. The van der Waals surface area contributed by atoms with Gasteiger partial charge in [0.25, 0.3) is 0 Å². The molecule has 1 fully saturated rings. The van der Waals surface area contributed by atoms with Crippen LogP contribution in [-0.4, -0.2) is 40.2 Å². The lowest BCUT2D eigenvalue weighted by molar-refractivity contribution is -0.00297.